The summed E-state index contributed by atoms with van der Waals surface area (Å²) in [6.07, 6.45) is 3.99. The second-order valence-electron chi connectivity index (χ2n) is 6.28. The van der Waals surface area contributed by atoms with Crippen LogP contribution in [-0.4, -0.2) is 13.2 Å². The van der Waals surface area contributed by atoms with Crippen LogP contribution in [0.4, 0.5) is 0 Å². The Morgan fingerprint density at radius 3 is 2.47 bits per heavy atom. The lowest BCUT2D eigenvalue weighted by Crippen LogP contribution is -2.37. The average molecular weight is 261 g/mol. The zero-order valence-electron chi connectivity index (χ0n) is 12.6. The summed E-state index contributed by atoms with van der Waals surface area (Å²) in [4.78, 5) is 0. The third-order valence-corrected chi connectivity index (χ3v) is 4.26. The molecule has 0 aliphatic heterocycles. The Balaban J connectivity index is 1.97. The number of rotatable bonds is 4. The zero-order valence-corrected chi connectivity index (χ0v) is 12.6. The molecule has 2 rings (SSSR count). The van der Waals surface area contributed by atoms with Gasteiger partial charge in [-0.1, -0.05) is 26.0 Å². The Morgan fingerprint density at radius 1 is 1.16 bits per heavy atom. The topological polar surface area (TPSA) is 21.3 Å². The summed E-state index contributed by atoms with van der Waals surface area (Å²) in [5, 5.41) is 3.79. The third kappa shape index (κ3) is 3.97. The first-order valence-corrected chi connectivity index (χ1v) is 7.48. The van der Waals surface area contributed by atoms with Gasteiger partial charge in [0.25, 0.3) is 0 Å². The SMILES string of the molecule is COc1cccc(C(C)NC2CC(C)CC(C)C2)c1. The van der Waals surface area contributed by atoms with Crippen LogP contribution in [0.15, 0.2) is 24.3 Å². The fourth-order valence-corrected chi connectivity index (χ4v) is 3.44. The molecule has 19 heavy (non-hydrogen) atoms. The van der Waals surface area contributed by atoms with Crippen molar-refractivity contribution in [2.75, 3.05) is 7.11 Å². The molecule has 0 aromatic heterocycles. The summed E-state index contributed by atoms with van der Waals surface area (Å²) in [6, 6.07) is 9.42. The number of methoxy groups -OCH3 is 1. The van der Waals surface area contributed by atoms with Crippen molar-refractivity contribution in [3.8, 4) is 5.75 Å². The summed E-state index contributed by atoms with van der Waals surface area (Å²) in [6.45, 7) is 7.00. The van der Waals surface area contributed by atoms with Crippen molar-refractivity contribution in [2.45, 2.75) is 52.1 Å². The maximum Gasteiger partial charge on any atom is 0.119 e. The number of benzene rings is 1. The van der Waals surface area contributed by atoms with E-state index < -0.39 is 0 Å². The molecule has 0 spiro atoms. The van der Waals surface area contributed by atoms with E-state index in [-0.39, 0.29) is 0 Å². The summed E-state index contributed by atoms with van der Waals surface area (Å²) in [7, 11) is 1.72. The number of nitrogens with one attached hydrogen (secondary N) is 1. The van der Waals surface area contributed by atoms with E-state index in [4.69, 9.17) is 4.74 Å². The second-order valence-corrected chi connectivity index (χ2v) is 6.28. The Bertz CT molecular complexity index is 394. The molecule has 1 saturated carbocycles. The molecule has 1 aromatic rings. The predicted octanol–water partition coefficient (Wildman–Crippen LogP) is 4.17. The highest BCUT2D eigenvalue weighted by Crippen LogP contribution is 2.30. The molecule has 1 N–H and O–H groups in total. The van der Waals surface area contributed by atoms with Gasteiger partial charge in [-0.2, -0.15) is 0 Å². The smallest absolute Gasteiger partial charge is 0.119 e. The van der Waals surface area contributed by atoms with Gasteiger partial charge >= 0.3 is 0 Å². The van der Waals surface area contributed by atoms with Crippen LogP contribution in [0.3, 0.4) is 0 Å². The van der Waals surface area contributed by atoms with Crippen LogP contribution in [0.2, 0.25) is 0 Å². The first kappa shape index (κ1) is 14.4. The van der Waals surface area contributed by atoms with Crippen molar-refractivity contribution in [1.82, 2.24) is 5.32 Å². The zero-order chi connectivity index (χ0) is 13.8. The normalized spacial score (nSPS) is 28.9. The average Bonchev–Trinajstić information content (AvgIpc) is 2.37. The van der Waals surface area contributed by atoms with Crippen LogP contribution in [0, 0.1) is 11.8 Å². The Labute approximate surface area is 117 Å². The number of ether oxygens (including phenoxy) is 1. The lowest BCUT2D eigenvalue weighted by molar-refractivity contribution is 0.228. The van der Waals surface area contributed by atoms with Gasteiger partial charge in [-0.15, -0.1) is 0 Å². The first-order chi connectivity index (χ1) is 9.08. The van der Waals surface area contributed by atoms with Gasteiger partial charge in [0.15, 0.2) is 0 Å². The predicted molar refractivity (Wildman–Crippen MR) is 80.5 cm³/mol. The van der Waals surface area contributed by atoms with Gasteiger partial charge < -0.3 is 10.1 Å². The van der Waals surface area contributed by atoms with Crippen molar-refractivity contribution >= 4 is 0 Å². The standard InChI is InChI=1S/C17H27NO/c1-12-8-13(2)10-16(9-12)18-14(3)15-6-5-7-17(11-15)19-4/h5-7,11-14,16,18H,8-10H2,1-4H3. The van der Waals surface area contributed by atoms with Crippen molar-refractivity contribution in [3.05, 3.63) is 29.8 Å². The fourth-order valence-electron chi connectivity index (χ4n) is 3.44. The molecule has 1 aliphatic rings. The van der Waals surface area contributed by atoms with Crippen LogP contribution in [0.1, 0.15) is 51.6 Å². The van der Waals surface area contributed by atoms with Gasteiger partial charge in [0.2, 0.25) is 0 Å². The van der Waals surface area contributed by atoms with E-state index in [1.54, 1.807) is 7.11 Å². The number of hydrogen-bond acceptors (Lipinski definition) is 2. The maximum absolute atomic E-state index is 5.30. The molecular formula is C17H27NO. The minimum atomic E-state index is 0.387. The largest absolute Gasteiger partial charge is 0.497 e. The second kappa shape index (κ2) is 6.42. The molecule has 0 bridgehead atoms. The molecule has 0 saturated heterocycles. The van der Waals surface area contributed by atoms with Gasteiger partial charge in [0, 0.05) is 12.1 Å². The van der Waals surface area contributed by atoms with Gasteiger partial charge in [-0.05, 0) is 55.7 Å². The van der Waals surface area contributed by atoms with E-state index in [1.165, 1.54) is 24.8 Å². The van der Waals surface area contributed by atoms with Gasteiger partial charge in [0.05, 0.1) is 7.11 Å². The third-order valence-electron chi connectivity index (χ3n) is 4.26. The van der Waals surface area contributed by atoms with Crippen LogP contribution in [0.5, 0.6) is 5.75 Å². The summed E-state index contributed by atoms with van der Waals surface area (Å²) < 4.78 is 5.30. The van der Waals surface area contributed by atoms with E-state index in [9.17, 15) is 0 Å². The van der Waals surface area contributed by atoms with Gasteiger partial charge in [-0.25, -0.2) is 0 Å². The fraction of sp³-hybridized carbons (Fsp3) is 0.647. The molecule has 1 aromatic carbocycles. The number of hydrogen-bond donors (Lipinski definition) is 1. The highest BCUT2D eigenvalue weighted by atomic mass is 16.5. The summed E-state index contributed by atoms with van der Waals surface area (Å²) in [5.41, 5.74) is 1.31. The maximum atomic E-state index is 5.30. The van der Waals surface area contributed by atoms with Crippen molar-refractivity contribution in [2.24, 2.45) is 11.8 Å². The van der Waals surface area contributed by atoms with Crippen LogP contribution in [-0.2, 0) is 0 Å². The molecule has 3 unspecified atom stereocenters. The van der Waals surface area contributed by atoms with Crippen molar-refractivity contribution in [1.29, 1.82) is 0 Å². The molecular weight excluding hydrogens is 234 g/mol. The van der Waals surface area contributed by atoms with Crippen LogP contribution in [0.25, 0.3) is 0 Å². The molecule has 1 aliphatic carbocycles. The minimum Gasteiger partial charge on any atom is -0.497 e. The lowest BCUT2D eigenvalue weighted by atomic mass is 9.80. The summed E-state index contributed by atoms with van der Waals surface area (Å²) in [5.74, 6) is 2.63. The summed E-state index contributed by atoms with van der Waals surface area (Å²) >= 11 is 0. The molecule has 2 nitrogen and oxygen atoms in total. The Hall–Kier alpha value is -1.02. The molecule has 0 amide bonds. The van der Waals surface area contributed by atoms with Gasteiger partial charge in [0.1, 0.15) is 5.75 Å². The monoisotopic (exact) mass is 261 g/mol. The van der Waals surface area contributed by atoms with Crippen LogP contribution >= 0.6 is 0 Å². The highest BCUT2D eigenvalue weighted by molar-refractivity contribution is 5.30. The molecule has 1 fully saturated rings. The van der Waals surface area contributed by atoms with E-state index in [0.29, 0.717) is 12.1 Å². The van der Waals surface area contributed by atoms with E-state index in [2.05, 4.69) is 44.3 Å². The van der Waals surface area contributed by atoms with Crippen molar-refractivity contribution in [3.63, 3.8) is 0 Å². The molecule has 3 atom stereocenters. The Morgan fingerprint density at radius 2 is 1.84 bits per heavy atom. The van der Waals surface area contributed by atoms with Crippen molar-refractivity contribution < 1.29 is 4.74 Å². The molecule has 2 heteroatoms. The molecule has 0 radical (unpaired) electrons. The molecule has 106 valence electrons. The quantitative estimate of drug-likeness (QED) is 0.878. The van der Waals surface area contributed by atoms with E-state index in [1.807, 2.05) is 6.07 Å². The van der Waals surface area contributed by atoms with Crippen LogP contribution < -0.4 is 10.1 Å². The molecule has 0 heterocycles. The minimum absolute atomic E-state index is 0.387. The lowest BCUT2D eigenvalue weighted by Gasteiger charge is -2.34. The first-order valence-electron chi connectivity index (χ1n) is 7.48. The van der Waals surface area contributed by atoms with E-state index in [0.717, 1.165) is 17.6 Å². The van der Waals surface area contributed by atoms with Gasteiger partial charge in [-0.3, -0.25) is 0 Å². The Kier molecular flexibility index (Phi) is 4.87. The highest BCUT2D eigenvalue weighted by Gasteiger charge is 2.24. The van der Waals surface area contributed by atoms with E-state index >= 15 is 0 Å².